The molecular weight excluding hydrogens is 338 g/mol. The van der Waals surface area contributed by atoms with Crippen LogP contribution in [0.2, 0.25) is 0 Å². The number of piperidine rings is 1. The molecule has 0 atom stereocenters. The van der Waals surface area contributed by atoms with Crippen LogP contribution in [-0.4, -0.2) is 41.5 Å². The van der Waals surface area contributed by atoms with Gasteiger partial charge in [-0.15, -0.1) is 0 Å². The van der Waals surface area contributed by atoms with Crippen molar-refractivity contribution in [3.05, 3.63) is 59.9 Å². The average molecular weight is 367 g/mol. The number of ether oxygens (including phenoxy) is 1. The lowest BCUT2D eigenvalue weighted by Crippen LogP contribution is -2.45. The normalized spacial score (nSPS) is 15.7. The molecule has 1 aliphatic heterocycles. The number of amides is 1. The van der Waals surface area contributed by atoms with E-state index in [-0.39, 0.29) is 18.6 Å². The molecule has 0 spiro atoms. The third-order valence-electron chi connectivity index (χ3n) is 4.98. The van der Waals surface area contributed by atoms with E-state index in [0.717, 1.165) is 43.9 Å². The number of rotatable bonds is 7. The molecule has 1 aromatic heterocycles. The van der Waals surface area contributed by atoms with E-state index in [1.54, 1.807) is 0 Å². The molecule has 0 aliphatic carbocycles. The number of benzene rings is 1. The molecule has 1 N–H and O–H groups in total. The molecule has 5 heteroatoms. The van der Waals surface area contributed by atoms with Crippen molar-refractivity contribution in [2.45, 2.75) is 45.2 Å². The Labute approximate surface area is 161 Å². The second-order valence-corrected chi connectivity index (χ2v) is 7.45. The number of carbonyl (C=O) groups excluding carboxylic acids is 1. The summed E-state index contributed by atoms with van der Waals surface area (Å²) in [6.07, 6.45) is 3.75. The molecule has 1 fully saturated rings. The zero-order chi connectivity index (χ0) is 19.1. The highest BCUT2D eigenvalue weighted by Crippen LogP contribution is 2.18. The zero-order valence-electron chi connectivity index (χ0n) is 16.2. The van der Waals surface area contributed by atoms with Crippen molar-refractivity contribution < 1.29 is 9.53 Å². The van der Waals surface area contributed by atoms with E-state index >= 15 is 0 Å². The third kappa shape index (κ3) is 6.07. The molecular formula is C22H29N3O2. The van der Waals surface area contributed by atoms with Crippen LogP contribution in [0, 0.1) is 0 Å². The number of carbonyl (C=O) groups is 1. The number of likely N-dealkylation sites (tertiary alicyclic amines) is 1. The van der Waals surface area contributed by atoms with Crippen LogP contribution >= 0.6 is 0 Å². The smallest absolute Gasteiger partial charge is 0.258 e. The second-order valence-electron chi connectivity index (χ2n) is 7.45. The largest absolute Gasteiger partial charge is 0.484 e. The lowest BCUT2D eigenvalue weighted by Gasteiger charge is -2.32. The number of nitrogens with zero attached hydrogens (tertiary/aromatic N) is 2. The van der Waals surface area contributed by atoms with E-state index in [4.69, 9.17) is 4.74 Å². The van der Waals surface area contributed by atoms with Gasteiger partial charge in [-0.2, -0.15) is 0 Å². The van der Waals surface area contributed by atoms with E-state index in [0.29, 0.717) is 5.92 Å². The Kier molecular flexibility index (Phi) is 6.82. The van der Waals surface area contributed by atoms with Gasteiger partial charge in [0.15, 0.2) is 6.61 Å². The standard InChI is InChI=1S/C22H29N3O2/c1-17(2)18-6-8-21(9-7-18)27-16-22(26)24-19-10-13-25(14-11-19)15-20-5-3-4-12-23-20/h3-9,12,17,19H,10-11,13-16H2,1-2H3,(H,24,26). The van der Waals surface area contributed by atoms with E-state index in [2.05, 4.69) is 47.2 Å². The van der Waals surface area contributed by atoms with Crippen LogP contribution in [0.25, 0.3) is 0 Å². The van der Waals surface area contributed by atoms with Crippen molar-refractivity contribution in [1.29, 1.82) is 0 Å². The van der Waals surface area contributed by atoms with Gasteiger partial charge in [0.05, 0.1) is 5.69 Å². The maximum atomic E-state index is 12.2. The summed E-state index contributed by atoms with van der Waals surface area (Å²) < 4.78 is 5.61. The minimum Gasteiger partial charge on any atom is -0.484 e. The maximum absolute atomic E-state index is 12.2. The summed E-state index contributed by atoms with van der Waals surface area (Å²) >= 11 is 0. The van der Waals surface area contributed by atoms with E-state index in [9.17, 15) is 4.79 Å². The molecule has 0 radical (unpaired) electrons. The van der Waals surface area contributed by atoms with Gasteiger partial charge in [0.2, 0.25) is 0 Å². The Balaban J connectivity index is 1.36. The molecule has 1 aromatic carbocycles. The van der Waals surface area contributed by atoms with Gasteiger partial charge in [0.1, 0.15) is 5.75 Å². The Morgan fingerprint density at radius 3 is 2.56 bits per heavy atom. The highest BCUT2D eigenvalue weighted by atomic mass is 16.5. The van der Waals surface area contributed by atoms with Crippen molar-refractivity contribution >= 4 is 5.91 Å². The molecule has 0 saturated carbocycles. The molecule has 1 saturated heterocycles. The van der Waals surface area contributed by atoms with Crippen LogP contribution in [0.3, 0.4) is 0 Å². The number of hydrogen-bond acceptors (Lipinski definition) is 4. The van der Waals surface area contributed by atoms with Crippen molar-refractivity contribution in [3.63, 3.8) is 0 Å². The third-order valence-corrected chi connectivity index (χ3v) is 4.98. The molecule has 3 rings (SSSR count). The fourth-order valence-corrected chi connectivity index (χ4v) is 3.32. The fourth-order valence-electron chi connectivity index (χ4n) is 3.32. The van der Waals surface area contributed by atoms with Crippen LogP contribution in [0.5, 0.6) is 5.75 Å². The van der Waals surface area contributed by atoms with Crippen LogP contribution < -0.4 is 10.1 Å². The van der Waals surface area contributed by atoms with Crippen molar-refractivity contribution in [1.82, 2.24) is 15.2 Å². The fraction of sp³-hybridized carbons (Fsp3) is 0.455. The number of nitrogens with one attached hydrogen (secondary N) is 1. The summed E-state index contributed by atoms with van der Waals surface area (Å²) in [5.41, 5.74) is 2.36. The zero-order valence-corrected chi connectivity index (χ0v) is 16.2. The van der Waals surface area contributed by atoms with Crippen LogP contribution in [0.15, 0.2) is 48.7 Å². The van der Waals surface area contributed by atoms with Crippen LogP contribution in [0.4, 0.5) is 0 Å². The monoisotopic (exact) mass is 367 g/mol. The van der Waals surface area contributed by atoms with Gasteiger partial charge in [-0.25, -0.2) is 0 Å². The predicted molar refractivity (Wildman–Crippen MR) is 107 cm³/mol. The molecule has 0 unspecified atom stereocenters. The predicted octanol–water partition coefficient (Wildman–Crippen LogP) is 3.36. The Morgan fingerprint density at radius 2 is 1.93 bits per heavy atom. The molecule has 1 amide bonds. The van der Waals surface area contributed by atoms with E-state index in [1.165, 1.54) is 5.56 Å². The SMILES string of the molecule is CC(C)c1ccc(OCC(=O)NC2CCN(Cc3ccccn3)CC2)cc1. The Hall–Kier alpha value is -2.40. The summed E-state index contributed by atoms with van der Waals surface area (Å²) in [5.74, 6) is 1.18. The van der Waals surface area contributed by atoms with Crippen molar-refractivity contribution in [2.24, 2.45) is 0 Å². The highest BCUT2D eigenvalue weighted by molar-refractivity contribution is 5.77. The van der Waals surface area contributed by atoms with E-state index < -0.39 is 0 Å². The van der Waals surface area contributed by atoms with Gasteiger partial charge < -0.3 is 10.1 Å². The van der Waals surface area contributed by atoms with Gasteiger partial charge >= 0.3 is 0 Å². The first-order chi connectivity index (χ1) is 13.1. The lowest BCUT2D eigenvalue weighted by molar-refractivity contribution is -0.124. The quantitative estimate of drug-likeness (QED) is 0.815. The number of aromatic nitrogens is 1. The number of pyridine rings is 1. The molecule has 144 valence electrons. The summed E-state index contributed by atoms with van der Waals surface area (Å²) in [5, 5.41) is 3.10. The Bertz CT molecular complexity index is 708. The first-order valence-electron chi connectivity index (χ1n) is 9.74. The van der Waals surface area contributed by atoms with Gasteiger partial charge in [0.25, 0.3) is 5.91 Å². The summed E-state index contributed by atoms with van der Waals surface area (Å²) in [7, 11) is 0. The van der Waals surface area contributed by atoms with Gasteiger partial charge in [0, 0.05) is 31.9 Å². The van der Waals surface area contributed by atoms with E-state index in [1.807, 2.05) is 30.5 Å². The minimum atomic E-state index is -0.0499. The molecule has 2 heterocycles. The molecule has 2 aromatic rings. The van der Waals surface area contributed by atoms with Gasteiger partial charge in [-0.1, -0.05) is 32.0 Å². The van der Waals surface area contributed by atoms with Gasteiger partial charge in [-0.05, 0) is 48.6 Å². The Morgan fingerprint density at radius 1 is 1.19 bits per heavy atom. The van der Waals surface area contributed by atoms with Crippen molar-refractivity contribution in [3.8, 4) is 5.75 Å². The topological polar surface area (TPSA) is 54.5 Å². The minimum absolute atomic E-state index is 0.0499. The first-order valence-corrected chi connectivity index (χ1v) is 9.74. The summed E-state index contributed by atoms with van der Waals surface area (Å²) in [4.78, 5) is 18.9. The molecule has 5 nitrogen and oxygen atoms in total. The molecule has 27 heavy (non-hydrogen) atoms. The maximum Gasteiger partial charge on any atom is 0.258 e. The van der Waals surface area contributed by atoms with Crippen molar-refractivity contribution in [2.75, 3.05) is 19.7 Å². The summed E-state index contributed by atoms with van der Waals surface area (Å²) in [6, 6.07) is 14.2. The first kappa shape index (κ1) is 19.4. The molecule has 1 aliphatic rings. The van der Waals surface area contributed by atoms with Crippen LogP contribution in [-0.2, 0) is 11.3 Å². The van der Waals surface area contributed by atoms with Gasteiger partial charge in [-0.3, -0.25) is 14.7 Å². The molecule has 0 bridgehead atoms. The highest BCUT2D eigenvalue weighted by Gasteiger charge is 2.21. The van der Waals surface area contributed by atoms with Crippen LogP contribution in [0.1, 0.15) is 43.9 Å². The summed E-state index contributed by atoms with van der Waals surface area (Å²) in [6.45, 7) is 7.19. The average Bonchev–Trinajstić information content (AvgIpc) is 2.69. The lowest BCUT2D eigenvalue weighted by atomic mass is 10.0. The number of hydrogen-bond donors (Lipinski definition) is 1. The second kappa shape index (κ2) is 9.51.